The van der Waals surface area contributed by atoms with Crippen molar-refractivity contribution in [1.82, 2.24) is 19.7 Å². The molecule has 0 bridgehead atoms. The Balaban J connectivity index is 1.95. The van der Waals surface area contributed by atoms with Gasteiger partial charge in [-0.1, -0.05) is 17.8 Å². The van der Waals surface area contributed by atoms with E-state index in [4.69, 9.17) is 5.73 Å². The third kappa shape index (κ3) is 3.01. The summed E-state index contributed by atoms with van der Waals surface area (Å²) in [6, 6.07) is 4.31. The topological polar surface area (TPSA) is 69.6 Å². The molecule has 6 heteroatoms. The number of aromatic nitrogens is 4. The first-order valence-corrected chi connectivity index (χ1v) is 6.89. The van der Waals surface area contributed by atoms with Gasteiger partial charge >= 0.3 is 0 Å². The molecule has 0 aliphatic heterocycles. The van der Waals surface area contributed by atoms with Crippen molar-refractivity contribution in [1.29, 1.82) is 0 Å². The molecule has 0 fully saturated rings. The summed E-state index contributed by atoms with van der Waals surface area (Å²) in [5.74, 6) is 1.42. The van der Waals surface area contributed by atoms with E-state index in [1.165, 1.54) is 5.56 Å². The monoisotopic (exact) mass is 263 g/mol. The molecule has 0 radical (unpaired) electrons. The van der Waals surface area contributed by atoms with Crippen LogP contribution < -0.4 is 5.73 Å². The van der Waals surface area contributed by atoms with E-state index in [2.05, 4.69) is 35.1 Å². The summed E-state index contributed by atoms with van der Waals surface area (Å²) in [5, 5.41) is 8.91. The normalized spacial score (nSPS) is 11.1. The van der Waals surface area contributed by atoms with Gasteiger partial charge < -0.3 is 5.73 Å². The van der Waals surface area contributed by atoms with E-state index in [0.29, 0.717) is 5.95 Å². The molecule has 2 N–H and O–H groups in total. The minimum absolute atomic E-state index is 0.279. The predicted octanol–water partition coefficient (Wildman–Crippen LogP) is 2.17. The van der Waals surface area contributed by atoms with Crippen molar-refractivity contribution in [2.75, 3.05) is 11.5 Å². The minimum Gasteiger partial charge on any atom is -0.368 e. The maximum Gasteiger partial charge on any atom is 0.222 e. The van der Waals surface area contributed by atoms with Crippen LogP contribution in [0.25, 0.3) is 0 Å². The van der Waals surface area contributed by atoms with Crippen LogP contribution in [-0.2, 0) is 6.42 Å². The van der Waals surface area contributed by atoms with Gasteiger partial charge in [0, 0.05) is 24.2 Å². The maximum atomic E-state index is 5.79. The molecule has 96 valence electrons. The average Bonchev–Trinajstić information content (AvgIpc) is 2.72. The molecule has 0 aliphatic carbocycles. The molecule has 2 aromatic rings. The van der Waals surface area contributed by atoms with Gasteiger partial charge in [0.2, 0.25) is 5.95 Å². The van der Waals surface area contributed by atoms with Crippen molar-refractivity contribution in [3.05, 3.63) is 30.1 Å². The SMILES string of the molecule is CC(C)n1c(N)nnc1SCCc1cccnc1. The smallest absolute Gasteiger partial charge is 0.222 e. The van der Waals surface area contributed by atoms with Gasteiger partial charge in [0.05, 0.1) is 0 Å². The summed E-state index contributed by atoms with van der Waals surface area (Å²) in [6.45, 7) is 4.15. The number of aryl methyl sites for hydroxylation is 1. The highest BCUT2D eigenvalue weighted by Crippen LogP contribution is 2.23. The lowest BCUT2D eigenvalue weighted by Crippen LogP contribution is -2.07. The Hall–Kier alpha value is -1.56. The molecule has 2 aromatic heterocycles. The molecule has 0 aliphatic rings. The largest absolute Gasteiger partial charge is 0.368 e. The summed E-state index contributed by atoms with van der Waals surface area (Å²) in [5.41, 5.74) is 7.02. The van der Waals surface area contributed by atoms with Crippen LogP contribution >= 0.6 is 11.8 Å². The number of hydrogen-bond acceptors (Lipinski definition) is 5. The first-order chi connectivity index (χ1) is 8.68. The number of rotatable bonds is 5. The van der Waals surface area contributed by atoms with Crippen LogP contribution in [-0.4, -0.2) is 25.5 Å². The highest BCUT2D eigenvalue weighted by atomic mass is 32.2. The van der Waals surface area contributed by atoms with Gasteiger partial charge in [-0.2, -0.15) is 0 Å². The Morgan fingerprint density at radius 3 is 2.89 bits per heavy atom. The Morgan fingerprint density at radius 2 is 2.22 bits per heavy atom. The fourth-order valence-electron chi connectivity index (χ4n) is 1.68. The molecule has 18 heavy (non-hydrogen) atoms. The van der Waals surface area contributed by atoms with Gasteiger partial charge in [0.25, 0.3) is 0 Å². The summed E-state index contributed by atoms with van der Waals surface area (Å²) in [7, 11) is 0. The van der Waals surface area contributed by atoms with Gasteiger partial charge in [-0.15, -0.1) is 10.2 Å². The fourth-order valence-corrected chi connectivity index (χ4v) is 2.74. The van der Waals surface area contributed by atoms with Crippen molar-refractivity contribution >= 4 is 17.7 Å². The number of thioether (sulfide) groups is 1. The number of nitrogens with two attached hydrogens (primary N) is 1. The lowest BCUT2D eigenvalue weighted by molar-refractivity contribution is 0.557. The number of hydrogen-bond donors (Lipinski definition) is 1. The van der Waals surface area contributed by atoms with E-state index in [1.54, 1.807) is 18.0 Å². The molecule has 0 amide bonds. The van der Waals surface area contributed by atoms with E-state index in [9.17, 15) is 0 Å². The zero-order valence-corrected chi connectivity index (χ0v) is 11.4. The summed E-state index contributed by atoms with van der Waals surface area (Å²) >= 11 is 1.67. The van der Waals surface area contributed by atoms with Crippen LogP contribution in [0.2, 0.25) is 0 Å². The van der Waals surface area contributed by atoms with Crippen LogP contribution in [0.4, 0.5) is 5.95 Å². The Bertz CT molecular complexity index is 494. The van der Waals surface area contributed by atoms with Crippen LogP contribution in [0.3, 0.4) is 0 Å². The molecule has 0 saturated carbocycles. The zero-order valence-electron chi connectivity index (χ0n) is 10.6. The minimum atomic E-state index is 0.279. The molecule has 0 unspecified atom stereocenters. The quantitative estimate of drug-likeness (QED) is 0.837. The molecule has 0 saturated heterocycles. The predicted molar refractivity (Wildman–Crippen MR) is 73.5 cm³/mol. The van der Waals surface area contributed by atoms with Crippen LogP contribution in [0.1, 0.15) is 25.5 Å². The van der Waals surface area contributed by atoms with Crippen molar-refractivity contribution in [2.24, 2.45) is 0 Å². The standard InChI is InChI=1S/C12H17N5S/c1-9(2)17-11(13)15-16-12(17)18-7-5-10-4-3-6-14-8-10/h3-4,6,8-9H,5,7H2,1-2H3,(H2,13,15). The summed E-state index contributed by atoms with van der Waals surface area (Å²) in [6.07, 6.45) is 4.64. The Kier molecular flexibility index (Phi) is 4.19. The van der Waals surface area contributed by atoms with Gasteiger partial charge in [0.1, 0.15) is 0 Å². The molecule has 0 aromatic carbocycles. The number of pyridine rings is 1. The second-order valence-electron chi connectivity index (χ2n) is 4.26. The molecular weight excluding hydrogens is 246 g/mol. The second kappa shape index (κ2) is 5.86. The van der Waals surface area contributed by atoms with Crippen molar-refractivity contribution < 1.29 is 0 Å². The second-order valence-corrected chi connectivity index (χ2v) is 5.33. The van der Waals surface area contributed by atoms with Gasteiger partial charge in [-0.3, -0.25) is 9.55 Å². The highest BCUT2D eigenvalue weighted by molar-refractivity contribution is 7.99. The highest BCUT2D eigenvalue weighted by Gasteiger charge is 2.12. The van der Waals surface area contributed by atoms with Crippen LogP contribution in [0, 0.1) is 0 Å². The molecule has 0 spiro atoms. The van der Waals surface area contributed by atoms with Crippen molar-refractivity contribution in [3.63, 3.8) is 0 Å². The van der Waals surface area contributed by atoms with E-state index < -0.39 is 0 Å². The van der Waals surface area contributed by atoms with E-state index in [-0.39, 0.29) is 6.04 Å². The molecule has 5 nitrogen and oxygen atoms in total. The average molecular weight is 263 g/mol. The Morgan fingerprint density at radius 1 is 1.39 bits per heavy atom. The van der Waals surface area contributed by atoms with Crippen molar-refractivity contribution in [3.8, 4) is 0 Å². The van der Waals surface area contributed by atoms with Gasteiger partial charge in [0.15, 0.2) is 5.16 Å². The summed E-state index contributed by atoms with van der Waals surface area (Å²) in [4.78, 5) is 4.10. The van der Waals surface area contributed by atoms with Crippen LogP contribution in [0.15, 0.2) is 29.7 Å². The lowest BCUT2D eigenvalue weighted by Gasteiger charge is -2.11. The Labute approximate surface area is 111 Å². The van der Waals surface area contributed by atoms with Crippen LogP contribution in [0.5, 0.6) is 0 Å². The van der Waals surface area contributed by atoms with Crippen molar-refractivity contribution in [2.45, 2.75) is 31.5 Å². The first kappa shape index (κ1) is 12.9. The van der Waals surface area contributed by atoms with Gasteiger partial charge in [-0.05, 0) is 31.9 Å². The summed E-state index contributed by atoms with van der Waals surface area (Å²) < 4.78 is 1.95. The molecule has 0 atom stereocenters. The molecular formula is C12H17N5S. The number of nitrogen functional groups attached to an aromatic ring is 1. The third-order valence-electron chi connectivity index (χ3n) is 2.55. The molecule has 2 rings (SSSR count). The maximum absolute atomic E-state index is 5.79. The van der Waals surface area contributed by atoms with Gasteiger partial charge in [-0.25, -0.2) is 0 Å². The molecule has 2 heterocycles. The first-order valence-electron chi connectivity index (χ1n) is 5.90. The lowest BCUT2D eigenvalue weighted by atomic mass is 10.2. The third-order valence-corrected chi connectivity index (χ3v) is 3.50. The van der Waals surface area contributed by atoms with E-state index in [1.807, 2.05) is 16.8 Å². The van der Waals surface area contributed by atoms with E-state index >= 15 is 0 Å². The number of anilines is 1. The van der Waals surface area contributed by atoms with E-state index in [0.717, 1.165) is 17.3 Å². The number of nitrogens with zero attached hydrogens (tertiary/aromatic N) is 4. The zero-order chi connectivity index (χ0) is 13.0. The fraction of sp³-hybridized carbons (Fsp3) is 0.417.